The van der Waals surface area contributed by atoms with Gasteiger partial charge in [0.2, 0.25) is 0 Å². The van der Waals surface area contributed by atoms with E-state index in [0.29, 0.717) is 24.3 Å². The van der Waals surface area contributed by atoms with Gasteiger partial charge in [-0.15, -0.1) is 0 Å². The highest BCUT2D eigenvalue weighted by molar-refractivity contribution is 7.92. The number of nitrogens with two attached hydrogens (primary N) is 1. The van der Waals surface area contributed by atoms with Gasteiger partial charge in [-0.2, -0.15) is 0 Å². The topological polar surface area (TPSA) is 72.2 Å². The fourth-order valence-corrected chi connectivity index (χ4v) is 4.91. The van der Waals surface area contributed by atoms with E-state index in [1.54, 1.807) is 0 Å². The maximum atomic E-state index is 11.7. The van der Waals surface area contributed by atoms with Crippen molar-refractivity contribution in [1.82, 2.24) is 5.32 Å². The van der Waals surface area contributed by atoms with Crippen molar-refractivity contribution in [2.75, 3.05) is 18.8 Å². The second-order valence-corrected chi connectivity index (χ2v) is 7.83. The van der Waals surface area contributed by atoms with Gasteiger partial charge in [0, 0.05) is 12.6 Å². The number of hydrogen-bond acceptors (Lipinski definition) is 4. The molecule has 17 heavy (non-hydrogen) atoms. The number of hydrogen-bond donors (Lipinski definition) is 2. The van der Waals surface area contributed by atoms with Gasteiger partial charge < -0.3 is 11.1 Å². The molecule has 0 aromatic carbocycles. The second kappa shape index (κ2) is 5.67. The van der Waals surface area contributed by atoms with E-state index in [1.165, 1.54) is 19.3 Å². The first-order valence-corrected chi connectivity index (χ1v) is 8.50. The quantitative estimate of drug-likeness (QED) is 0.779. The SMILES string of the molecule is NCC1CCCCC1NCC1CCCS1(=O)=O. The first-order valence-electron chi connectivity index (χ1n) is 6.78. The molecule has 2 rings (SSSR count). The molecule has 100 valence electrons. The second-order valence-electron chi connectivity index (χ2n) is 5.43. The molecule has 0 spiro atoms. The highest BCUT2D eigenvalue weighted by Crippen LogP contribution is 2.25. The first-order chi connectivity index (χ1) is 8.13. The van der Waals surface area contributed by atoms with Crippen LogP contribution in [0.15, 0.2) is 0 Å². The van der Waals surface area contributed by atoms with Crippen molar-refractivity contribution in [3.05, 3.63) is 0 Å². The van der Waals surface area contributed by atoms with Crippen LogP contribution in [0.1, 0.15) is 38.5 Å². The molecule has 0 aromatic rings. The van der Waals surface area contributed by atoms with E-state index in [-0.39, 0.29) is 5.25 Å². The molecular weight excluding hydrogens is 236 g/mol. The van der Waals surface area contributed by atoms with Gasteiger partial charge in [0.15, 0.2) is 9.84 Å². The molecule has 0 aromatic heterocycles. The Morgan fingerprint density at radius 1 is 1.12 bits per heavy atom. The monoisotopic (exact) mass is 260 g/mol. The molecule has 5 heteroatoms. The summed E-state index contributed by atoms with van der Waals surface area (Å²) < 4.78 is 23.4. The molecule has 3 atom stereocenters. The van der Waals surface area contributed by atoms with Crippen LogP contribution < -0.4 is 11.1 Å². The molecule has 0 amide bonds. The average molecular weight is 260 g/mol. The maximum absolute atomic E-state index is 11.7. The predicted octanol–water partition coefficient (Wildman–Crippen LogP) is 0.671. The van der Waals surface area contributed by atoms with Crippen molar-refractivity contribution in [2.45, 2.75) is 49.8 Å². The van der Waals surface area contributed by atoms with E-state index in [4.69, 9.17) is 5.73 Å². The molecule has 1 aliphatic carbocycles. The summed E-state index contributed by atoms with van der Waals surface area (Å²) in [6, 6.07) is 0.435. The van der Waals surface area contributed by atoms with E-state index in [1.807, 2.05) is 0 Å². The van der Waals surface area contributed by atoms with Crippen LogP contribution in [0.5, 0.6) is 0 Å². The zero-order valence-corrected chi connectivity index (χ0v) is 11.2. The van der Waals surface area contributed by atoms with Crippen molar-refractivity contribution in [3.63, 3.8) is 0 Å². The van der Waals surface area contributed by atoms with Crippen molar-refractivity contribution >= 4 is 9.84 Å². The van der Waals surface area contributed by atoms with Crippen LogP contribution in [0, 0.1) is 5.92 Å². The summed E-state index contributed by atoms with van der Waals surface area (Å²) in [4.78, 5) is 0. The third-order valence-electron chi connectivity index (χ3n) is 4.28. The average Bonchev–Trinajstić information content (AvgIpc) is 2.66. The molecule has 0 radical (unpaired) electrons. The lowest BCUT2D eigenvalue weighted by Crippen LogP contribution is -2.45. The van der Waals surface area contributed by atoms with Crippen LogP contribution in [-0.2, 0) is 9.84 Å². The number of rotatable bonds is 4. The van der Waals surface area contributed by atoms with Gasteiger partial charge in [-0.3, -0.25) is 0 Å². The van der Waals surface area contributed by atoms with E-state index >= 15 is 0 Å². The minimum atomic E-state index is -2.81. The highest BCUT2D eigenvalue weighted by Gasteiger charge is 2.32. The molecule has 2 fully saturated rings. The van der Waals surface area contributed by atoms with E-state index in [9.17, 15) is 8.42 Å². The van der Waals surface area contributed by atoms with Crippen molar-refractivity contribution in [3.8, 4) is 0 Å². The molecule has 1 aliphatic heterocycles. The van der Waals surface area contributed by atoms with Gasteiger partial charge in [-0.1, -0.05) is 12.8 Å². The maximum Gasteiger partial charge on any atom is 0.154 e. The largest absolute Gasteiger partial charge is 0.330 e. The Morgan fingerprint density at radius 3 is 2.53 bits per heavy atom. The Hall–Kier alpha value is -0.130. The molecule has 0 bridgehead atoms. The summed E-state index contributed by atoms with van der Waals surface area (Å²) in [5.74, 6) is 0.914. The Kier molecular flexibility index (Phi) is 4.44. The van der Waals surface area contributed by atoms with Crippen LogP contribution in [0.25, 0.3) is 0 Å². The summed E-state index contributed by atoms with van der Waals surface area (Å²) in [5, 5.41) is 3.31. The zero-order valence-electron chi connectivity index (χ0n) is 10.4. The van der Waals surface area contributed by atoms with E-state index in [0.717, 1.165) is 25.8 Å². The zero-order chi connectivity index (χ0) is 12.3. The van der Waals surface area contributed by atoms with Crippen LogP contribution in [0.3, 0.4) is 0 Å². The Bertz CT molecular complexity index is 342. The molecule has 3 N–H and O–H groups in total. The lowest BCUT2D eigenvalue weighted by Gasteiger charge is -2.32. The van der Waals surface area contributed by atoms with E-state index in [2.05, 4.69) is 5.32 Å². The predicted molar refractivity (Wildman–Crippen MR) is 69.6 cm³/mol. The number of sulfone groups is 1. The molecule has 1 heterocycles. The fourth-order valence-electron chi connectivity index (χ4n) is 3.13. The fraction of sp³-hybridized carbons (Fsp3) is 1.00. The molecule has 1 saturated carbocycles. The van der Waals surface area contributed by atoms with E-state index < -0.39 is 9.84 Å². The molecule has 1 saturated heterocycles. The third-order valence-corrected chi connectivity index (χ3v) is 6.56. The van der Waals surface area contributed by atoms with Gasteiger partial charge in [0.1, 0.15) is 0 Å². The molecule has 2 aliphatic rings. The third kappa shape index (κ3) is 3.20. The minimum absolute atomic E-state index is 0.150. The van der Waals surface area contributed by atoms with Gasteiger partial charge in [-0.25, -0.2) is 8.42 Å². The standard InChI is InChI=1S/C12H24N2O2S/c13-8-10-4-1-2-6-12(10)14-9-11-5-3-7-17(11,15)16/h10-12,14H,1-9,13H2. The molecular formula is C12H24N2O2S. The van der Waals surface area contributed by atoms with Crippen LogP contribution >= 0.6 is 0 Å². The highest BCUT2D eigenvalue weighted by atomic mass is 32.2. The van der Waals surface area contributed by atoms with Crippen LogP contribution in [0.2, 0.25) is 0 Å². The van der Waals surface area contributed by atoms with Gasteiger partial charge >= 0.3 is 0 Å². The van der Waals surface area contributed by atoms with Crippen LogP contribution in [0.4, 0.5) is 0 Å². The summed E-state index contributed by atoms with van der Waals surface area (Å²) in [6.07, 6.45) is 6.50. The van der Waals surface area contributed by atoms with Gasteiger partial charge in [0.05, 0.1) is 11.0 Å². The summed E-state index contributed by atoms with van der Waals surface area (Å²) >= 11 is 0. The smallest absolute Gasteiger partial charge is 0.154 e. The Balaban J connectivity index is 1.84. The van der Waals surface area contributed by atoms with Crippen molar-refractivity contribution < 1.29 is 8.42 Å². The summed E-state index contributed by atoms with van der Waals surface area (Å²) in [6.45, 7) is 1.35. The number of nitrogens with one attached hydrogen (secondary N) is 1. The normalized spacial score (nSPS) is 37.1. The Morgan fingerprint density at radius 2 is 1.88 bits per heavy atom. The molecule has 4 nitrogen and oxygen atoms in total. The van der Waals surface area contributed by atoms with Gasteiger partial charge in [0.25, 0.3) is 0 Å². The van der Waals surface area contributed by atoms with Crippen molar-refractivity contribution in [2.24, 2.45) is 11.7 Å². The Labute approximate surface area is 104 Å². The summed E-state index contributed by atoms with van der Waals surface area (Å²) in [5.41, 5.74) is 5.77. The van der Waals surface area contributed by atoms with Crippen LogP contribution in [-0.4, -0.2) is 38.6 Å². The molecule has 3 unspecified atom stereocenters. The summed E-state index contributed by atoms with van der Waals surface area (Å²) in [7, 11) is -2.81. The lowest BCUT2D eigenvalue weighted by atomic mass is 9.84. The van der Waals surface area contributed by atoms with Gasteiger partial charge in [-0.05, 0) is 38.1 Å². The lowest BCUT2D eigenvalue weighted by molar-refractivity contribution is 0.268. The first kappa shape index (κ1) is 13.3. The minimum Gasteiger partial charge on any atom is -0.330 e. The van der Waals surface area contributed by atoms with Crippen molar-refractivity contribution in [1.29, 1.82) is 0 Å².